The van der Waals surface area contributed by atoms with Crippen LogP contribution in [-0.4, -0.2) is 24.1 Å². The molecule has 2 fully saturated rings. The van der Waals surface area contributed by atoms with Crippen LogP contribution in [0, 0.1) is 0 Å². The van der Waals surface area contributed by atoms with E-state index in [4.69, 9.17) is 9.31 Å². The maximum Gasteiger partial charge on any atom is 0.461 e. The Balaban J connectivity index is 2.06. The number of carbonyl (C=O) groups is 1. The molecular weight excluding hydrogens is 191 g/mol. The summed E-state index contributed by atoms with van der Waals surface area (Å²) in [6, 6.07) is 0. The zero-order chi connectivity index (χ0) is 11.3. The van der Waals surface area contributed by atoms with Gasteiger partial charge in [0.15, 0.2) is 0 Å². The van der Waals surface area contributed by atoms with Crippen molar-refractivity contribution >= 4 is 12.9 Å². The van der Waals surface area contributed by atoms with Gasteiger partial charge in [0.05, 0.1) is 11.2 Å². The highest BCUT2D eigenvalue weighted by Crippen LogP contribution is 2.43. The summed E-state index contributed by atoms with van der Waals surface area (Å²) < 4.78 is 11.8. The molecule has 1 heterocycles. The molecule has 1 aliphatic carbocycles. The molecule has 0 spiro atoms. The SMILES string of the molecule is CC1(C)OB(C2CCC(=O)C2)OC1(C)C. The lowest BCUT2D eigenvalue weighted by Gasteiger charge is -2.32. The van der Waals surface area contributed by atoms with Gasteiger partial charge >= 0.3 is 7.12 Å². The van der Waals surface area contributed by atoms with Gasteiger partial charge in [0.25, 0.3) is 0 Å². The maximum atomic E-state index is 11.2. The Labute approximate surface area is 91.7 Å². The molecule has 0 aromatic carbocycles. The van der Waals surface area contributed by atoms with Crippen molar-refractivity contribution < 1.29 is 14.1 Å². The lowest BCUT2D eigenvalue weighted by molar-refractivity contribution is -0.117. The molecule has 4 heteroatoms. The number of hydrogen-bond acceptors (Lipinski definition) is 3. The van der Waals surface area contributed by atoms with Gasteiger partial charge in [-0.3, -0.25) is 4.79 Å². The maximum absolute atomic E-state index is 11.2. The molecule has 0 radical (unpaired) electrons. The van der Waals surface area contributed by atoms with E-state index < -0.39 is 0 Å². The second-order valence-electron chi connectivity index (χ2n) is 5.67. The van der Waals surface area contributed by atoms with Crippen LogP contribution in [0.25, 0.3) is 0 Å². The van der Waals surface area contributed by atoms with E-state index in [1.54, 1.807) is 0 Å². The number of rotatable bonds is 1. The molecule has 1 saturated carbocycles. The number of ketones is 1. The Bertz CT molecular complexity index is 270. The number of carbonyl (C=O) groups excluding carboxylic acids is 1. The minimum Gasteiger partial charge on any atom is -0.403 e. The van der Waals surface area contributed by atoms with Crippen LogP contribution >= 0.6 is 0 Å². The molecule has 0 aromatic rings. The normalized spacial score (nSPS) is 33.7. The minimum atomic E-state index is -0.274. The third kappa shape index (κ3) is 1.85. The first-order valence-corrected chi connectivity index (χ1v) is 5.69. The third-order valence-electron chi connectivity index (χ3n) is 3.94. The lowest BCUT2D eigenvalue weighted by Crippen LogP contribution is -2.41. The van der Waals surface area contributed by atoms with Crippen LogP contribution in [0.4, 0.5) is 0 Å². The summed E-state index contributed by atoms with van der Waals surface area (Å²) in [5, 5.41) is 0. The van der Waals surface area contributed by atoms with Crippen LogP contribution in [0.2, 0.25) is 5.82 Å². The Morgan fingerprint density at radius 2 is 1.73 bits per heavy atom. The summed E-state index contributed by atoms with van der Waals surface area (Å²) in [6.07, 6.45) is 2.22. The lowest BCUT2D eigenvalue weighted by atomic mass is 9.71. The van der Waals surface area contributed by atoms with Crippen LogP contribution < -0.4 is 0 Å². The monoisotopic (exact) mass is 210 g/mol. The van der Waals surface area contributed by atoms with E-state index in [2.05, 4.69) is 0 Å². The first-order chi connectivity index (χ1) is 6.82. The zero-order valence-electron chi connectivity index (χ0n) is 10.0. The first kappa shape index (κ1) is 11.1. The molecule has 1 saturated heterocycles. The fourth-order valence-electron chi connectivity index (χ4n) is 2.16. The van der Waals surface area contributed by atoms with Crippen molar-refractivity contribution in [2.45, 2.75) is 64.0 Å². The van der Waals surface area contributed by atoms with Gasteiger partial charge in [0.1, 0.15) is 5.78 Å². The van der Waals surface area contributed by atoms with Crippen molar-refractivity contribution in [3.63, 3.8) is 0 Å². The molecule has 2 rings (SSSR count). The van der Waals surface area contributed by atoms with Gasteiger partial charge < -0.3 is 9.31 Å². The van der Waals surface area contributed by atoms with Crippen molar-refractivity contribution in [3.05, 3.63) is 0 Å². The molecule has 2 aliphatic rings. The highest BCUT2D eigenvalue weighted by atomic mass is 16.7. The van der Waals surface area contributed by atoms with Gasteiger partial charge in [0, 0.05) is 18.7 Å². The van der Waals surface area contributed by atoms with E-state index in [0.717, 1.165) is 6.42 Å². The Hall–Kier alpha value is -0.345. The highest BCUT2D eigenvalue weighted by Gasteiger charge is 2.54. The summed E-state index contributed by atoms with van der Waals surface area (Å²) in [4.78, 5) is 11.2. The minimum absolute atomic E-state index is 0.193. The smallest absolute Gasteiger partial charge is 0.403 e. The number of hydrogen-bond donors (Lipinski definition) is 0. The Kier molecular flexibility index (Phi) is 2.47. The summed E-state index contributed by atoms with van der Waals surface area (Å²) in [7, 11) is -0.193. The van der Waals surface area contributed by atoms with Crippen LogP contribution in [0.15, 0.2) is 0 Å². The van der Waals surface area contributed by atoms with Crippen molar-refractivity contribution in [3.8, 4) is 0 Å². The molecule has 0 amide bonds. The van der Waals surface area contributed by atoms with Crippen LogP contribution in [0.5, 0.6) is 0 Å². The standard InChI is InChI=1S/C11H19BO3/c1-10(2)11(3,4)15-12(14-10)8-5-6-9(13)7-8/h8H,5-7H2,1-4H3. The first-order valence-electron chi connectivity index (χ1n) is 5.69. The van der Waals surface area contributed by atoms with Gasteiger partial charge in [-0.25, -0.2) is 0 Å². The number of Topliss-reactive ketones (excluding diaryl/α,β-unsaturated/α-hetero) is 1. The average molecular weight is 210 g/mol. The molecular formula is C11H19BO3. The molecule has 84 valence electrons. The van der Waals surface area contributed by atoms with Gasteiger partial charge in [-0.2, -0.15) is 0 Å². The van der Waals surface area contributed by atoms with Crippen LogP contribution in [-0.2, 0) is 14.1 Å². The summed E-state index contributed by atoms with van der Waals surface area (Å²) in [5.41, 5.74) is -0.549. The largest absolute Gasteiger partial charge is 0.461 e. The van der Waals surface area contributed by atoms with Crippen molar-refractivity contribution in [2.24, 2.45) is 0 Å². The van der Waals surface area contributed by atoms with Crippen LogP contribution in [0.3, 0.4) is 0 Å². The summed E-state index contributed by atoms with van der Waals surface area (Å²) >= 11 is 0. The summed E-state index contributed by atoms with van der Waals surface area (Å²) in [5.74, 6) is 0.605. The Morgan fingerprint density at radius 1 is 1.20 bits per heavy atom. The molecule has 1 atom stereocenters. The van der Waals surface area contributed by atoms with E-state index in [9.17, 15) is 4.79 Å². The fraction of sp³-hybridized carbons (Fsp3) is 0.909. The second kappa shape index (κ2) is 3.32. The van der Waals surface area contributed by atoms with E-state index in [1.807, 2.05) is 27.7 Å². The van der Waals surface area contributed by atoms with E-state index in [-0.39, 0.29) is 24.1 Å². The van der Waals surface area contributed by atoms with Gasteiger partial charge in [-0.1, -0.05) is 0 Å². The third-order valence-corrected chi connectivity index (χ3v) is 3.94. The van der Waals surface area contributed by atoms with Crippen molar-refractivity contribution in [1.82, 2.24) is 0 Å². The quantitative estimate of drug-likeness (QED) is 0.622. The Morgan fingerprint density at radius 3 is 2.13 bits per heavy atom. The topological polar surface area (TPSA) is 35.5 Å². The molecule has 0 aromatic heterocycles. The molecule has 3 nitrogen and oxygen atoms in total. The molecule has 1 aliphatic heterocycles. The molecule has 15 heavy (non-hydrogen) atoms. The van der Waals surface area contributed by atoms with Crippen molar-refractivity contribution in [2.75, 3.05) is 0 Å². The van der Waals surface area contributed by atoms with Crippen molar-refractivity contribution in [1.29, 1.82) is 0 Å². The van der Waals surface area contributed by atoms with Gasteiger partial charge in [0.2, 0.25) is 0 Å². The van der Waals surface area contributed by atoms with Gasteiger partial charge in [-0.05, 0) is 34.1 Å². The molecule has 0 bridgehead atoms. The fourth-order valence-corrected chi connectivity index (χ4v) is 2.16. The van der Waals surface area contributed by atoms with E-state index >= 15 is 0 Å². The second-order valence-corrected chi connectivity index (χ2v) is 5.67. The van der Waals surface area contributed by atoms with E-state index in [0.29, 0.717) is 18.6 Å². The summed E-state index contributed by atoms with van der Waals surface area (Å²) in [6.45, 7) is 8.18. The van der Waals surface area contributed by atoms with Gasteiger partial charge in [-0.15, -0.1) is 0 Å². The highest BCUT2D eigenvalue weighted by molar-refractivity contribution is 6.48. The van der Waals surface area contributed by atoms with Crippen LogP contribution in [0.1, 0.15) is 47.0 Å². The molecule has 1 unspecified atom stereocenters. The van der Waals surface area contributed by atoms with E-state index in [1.165, 1.54) is 0 Å². The predicted octanol–water partition coefficient (Wildman–Crippen LogP) is 2.20. The molecule has 0 N–H and O–H groups in total. The predicted molar refractivity (Wildman–Crippen MR) is 58.7 cm³/mol. The zero-order valence-corrected chi connectivity index (χ0v) is 10.0. The average Bonchev–Trinajstić information content (AvgIpc) is 2.56.